The molecule has 0 unspecified atom stereocenters. The third kappa shape index (κ3) is 3.26. The predicted octanol–water partition coefficient (Wildman–Crippen LogP) is 4.12. The van der Waals surface area contributed by atoms with Crippen molar-refractivity contribution in [2.24, 2.45) is 0 Å². The summed E-state index contributed by atoms with van der Waals surface area (Å²) in [5, 5.41) is 0. The van der Waals surface area contributed by atoms with E-state index in [2.05, 4.69) is 15.9 Å². The molecule has 0 amide bonds. The summed E-state index contributed by atoms with van der Waals surface area (Å²) in [4.78, 5) is 1.95. The zero-order valence-corrected chi connectivity index (χ0v) is 12.5. The van der Waals surface area contributed by atoms with Gasteiger partial charge in [-0.2, -0.15) is 0 Å². The van der Waals surface area contributed by atoms with Crippen LogP contribution in [-0.2, 0) is 6.54 Å². The minimum Gasteiger partial charge on any atom is -0.397 e. The Morgan fingerprint density at radius 1 is 1.21 bits per heavy atom. The first kappa shape index (κ1) is 13.9. The molecule has 0 heterocycles. The van der Waals surface area contributed by atoms with E-state index < -0.39 is 0 Å². The van der Waals surface area contributed by atoms with E-state index in [0.29, 0.717) is 17.8 Å². The van der Waals surface area contributed by atoms with Crippen molar-refractivity contribution >= 4 is 27.3 Å². The Morgan fingerprint density at radius 3 is 2.68 bits per heavy atom. The summed E-state index contributed by atoms with van der Waals surface area (Å²) < 4.78 is 14.6. The number of rotatable bonds is 3. The molecule has 0 saturated heterocycles. The van der Waals surface area contributed by atoms with Crippen molar-refractivity contribution in [1.82, 2.24) is 0 Å². The van der Waals surface area contributed by atoms with E-state index in [-0.39, 0.29) is 5.82 Å². The third-order valence-electron chi connectivity index (χ3n) is 3.01. The van der Waals surface area contributed by atoms with Crippen LogP contribution in [0.5, 0.6) is 0 Å². The van der Waals surface area contributed by atoms with Crippen LogP contribution < -0.4 is 10.6 Å². The molecule has 0 aromatic heterocycles. The highest BCUT2D eigenvalue weighted by Gasteiger charge is 2.10. The van der Waals surface area contributed by atoms with E-state index >= 15 is 0 Å². The quantitative estimate of drug-likeness (QED) is 0.861. The van der Waals surface area contributed by atoms with Crippen molar-refractivity contribution in [3.05, 3.63) is 57.8 Å². The van der Waals surface area contributed by atoms with Crippen LogP contribution >= 0.6 is 15.9 Å². The molecule has 0 fully saturated rings. The molecular formula is C15H16BrFN2. The second kappa shape index (κ2) is 5.61. The maximum atomic E-state index is 13.7. The van der Waals surface area contributed by atoms with Crippen LogP contribution in [0, 0.1) is 12.7 Å². The van der Waals surface area contributed by atoms with Crippen molar-refractivity contribution < 1.29 is 4.39 Å². The van der Waals surface area contributed by atoms with Gasteiger partial charge in [0.15, 0.2) is 0 Å². The van der Waals surface area contributed by atoms with Crippen molar-refractivity contribution in [2.75, 3.05) is 17.7 Å². The summed E-state index contributed by atoms with van der Waals surface area (Å²) in [5.74, 6) is -0.207. The monoisotopic (exact) mass is 322 g/mol. The van der Waals surface area contributed by atoms with Crippen LogP contribution in [0.1, 0.15) is 11.1 Å². The van der Waals surface area contributed by atoms with Crippen LogP contribution in [0.25, 0.3) is 0 Å². The second-order valence-electron chi connectivity index (χ2n) is 4.65. The van der Waals surface area contributed by atoms with Gasteiger partial charge in [0.05, 0.1) is 11.4 Å². The Kier molecular flexibility index (Phi) is 4.10. The highest BCUT2D eigenvalue weighted by molar-refractivity contribution is 9.10. The molecule has 0 aliphatic carbocycles. The minimum atomic E-state index is -0.207. The van der Waals surface area contributed by atoms with Gasteiger partial charge in [0.1, 0.15) is 5.82 Å². The van der Waals surface area contributed by atoms with E-state index in [9.17, 15) is 4.39 Å². The molecule has 0 saturated carbocycles. The lowest BCUT2D eigenvalue weighted by Crippen LogP contribution is -2.18. The fourth-order valence-electron chi connectivity index (χ4n) is 1.99. The van der Waals surface area contributed by atoms with Gasteiger partial charge in [-0.05, 0) is 42.8 Å². The Labute approximate surface area is 121 Å². The molecule has 2 aromatic rings. The minimum absolute atomic E-state index is 0.207. The molecule has 0 bridgehead atoms. The van der Waals surface area contributed by atoms with Gasteiger partial charge in [-0.25, -0.2) is 4.39 Å². The molecular weight excluding hydrogens is 307 g/mol. The van der Waals surface area contributed by atoms with E-state index in [1.165, 1.54) is 6.07 Å². The van der Waals surface area contributed by atoms with E-state index in [4.69, 9.17) is 5.73 Å². The van der Waals surface area contributed by atoms with Gasteiger partial charge in [-0.1, -0.05) is 22.0 Å². The number of hydrogen-bond acceptors (Lipinski definition) is 2. The fraction of sp³-hybridized carbons (Fsp3) is 0.200. The first-order valence-electron chi connectivity index (χ1n) is 5.98. The highest BCUT2D eigenvalue weighted by Crippen LogP contribution is 2.26. The number of nitrogens with two attached hydrogens (primary N) is 1. The van der Waals surface area contributed by atoms with Gasteiger partial charge < -0.3 is 10.6 Å². The number of benzene rings is 2. The Bertz CT molecular complexity index is 599. The van der Waals surface area contributed by atoms with Crippen molar-refractivity contribution in [3.63, 3.8) is 0 Å². The third-order valence-corrected chi connectivity index (χ3v) is 3.51. The van der Waals surface area contributed by atoms with Crippen LogP contribution in [0.3, 0.4) is 0 Å². The summed E-state index contributed by atoms with van der Waals surface area (Å²) in [6.07, 6.45) is 0. The SMILES string of the molecule is Cc1ccc(N)c(N(C)Cc2cc(Br)ccc2F)c1. The normalized spacial score (nSPS) is 10.5. The maximum absolute atomic E-state index is 13.7. The molecule has 0 radical (unpaired) electrons. The van der Waals surface area contributed by atoms with E-state index in [0.717, 1.165) is 15.7 Å². The molecule has 19 heavy (non-hydrogen) atoms. The van der Waals surface area contributed by atoms with Gasteiger partial charge in [0, 0.05) is 23.6 Å². The molecule has 0 spiro atoms. The molecule has 4 heteroatoms. The zero-order chi connectivity index (χ0) is 14.0. The second-order valence-corrected chi connectivity index (χ2v) is 5.57. The predicted molar refractivity (Wildman–Crippen MR) is 81.8 cm³/mol. The van der Waals surface area contributed by atoms with Crippen LogP contribution in [-0.4, -0.2) is 7.05 Å². The smallest absolute Gasteiger partial charge is 0.128 e. The van der Waals surface area contributed by atoms with Crippen molar-refractivity contribution in [2.45, 2.75) is 13.5 Å². The van der Waals surface area contributed by atoms with Gasteiger partial charge in [-0.3, -0.25) is 0 Å². The molecule has 100 valence electrons. The van der Waals surface area contributed by atoms with Gasteiger partial charge >= 0.3 is 0 Å². The van der Waals surface area contributed by atoms with E-state index in [1.807, 2.05) is 37.1 Å². The lowest BCUT2D eigenvalue weighted by molar-refractivity contribution is 0.607. The molecule has 0 aliphatic heterocycles. The lowest BCUT2D eigenvalue weighted by Gasteiger charge is -2.22. The average molecular weight is 323 g/mol. The summed E-state index contributed by atoms with van der Waals surface area (Å²) in [5.41, 5.74) is 9.35. The Balaban J connectivity index is 2.27. The number of anilines is 2. The van der Waals surface area contributed by atoms with E-state index in [1.54, 1.807) is 12.1 Å². The number of nitrogens with zero attached hydrogens (tertiary/aromatic N) is 1. The molecule has 0 aliphatic rings. The largest absolute Gasteiger partial charge is 0.397 e. The zero-order valence-electron chi connectivity index (χ0n) is 11.0. The summed E-state index contributed by atoms with van der Waals surface area (Å²) >= 11 is 3.36. The number of halogens is 2. The Hall–Kier alpha value is -1.55. The van der Waals surface area contributed by atoms with Crippen LogP contribution in [0.4, 0.5) is 15.8 Å². The topological polar surface area (TPSA) is 29.3 Å². The number of hydrogen-bond donors (Lipinski definition) is 1. The molecule has 2 nitrogen and oxygen atoms in total. The van der Waals surface area contributed by atoms with Crippen LogP contribution in [0.2, 0.25) is 0 Å². The van der Waals surface area contributed by atoms with Crippen molar-refractivity contribution in [3.8, 4) is 0 Å². The number of aryl methyl sites for hydroxylation is 1. The fourth-order valence-corrected chi connectivity index (χ4v) is 2.40. The molecule has 2 N–H and O–H groups in total. The summed E-state index contributed by atoms with van der Waals surface area (Å²) in [6.45, 7) is 2.48. The molecule has 2 rings (SSSR count). The average Bonchev–Trinajstić information content (AvgIpc) is 2.36. The first-order valence-corrected chi connectivity index (χ1v) is 6.78. The van der Waals surface area contributed by atoms with Crippen LogP contribution in [0.15, 0.2) is 40.9 Å². The summed E-state index contributed by atoms with van der Waals surface area (Å²) in [7, 11) is 1.91. The summed E-state index contributed by atoms with van der Waals surface area (Å²) in [6, 6.07) is 10.8. The maximum Gasteiger partial charge on any atom is 0.128 e. The van der Waals surface area contributed by atoms with Crippen molar-refractivity contribution in [1.29, 1.82) is 0 Å². The van der Waals surface area contributed by atoms with Gasteiger partial charge in [0.2, 0.25) is 0 Å². The van der Waals surface area contributed by atoms with Gasteiger partial charge in [0.25, 0.3) is 0 Å². The Morgan fingerprint density at radius 2 is 1.95 bits per heavy atom. The standard InChI is InChI=1S/C15H16BrFN2/c1-10-3-6-14(18)15(7-10)19(2)9-11-8-12(16)4-5-13(11)17/h3-8H,9,18H2,1-2H3. The highest BCUT2D eigenvalue weighted by atomic mass is 79.9. The first-order chi connectivity index (χ1) is 8.97. The molecule has 2 aromatic carbocycles. The van der Waals surface area contributed by atoms with Gasteiger partial charge in [-0.15, -0.1) is 0 Å². The molecule has 0 atom stereocenters. The lowest BCUT2D eigenvalue weighted by atomic mass is 10.1. The number of nitrogen functional groups attached to an aromatic ring is 1.